The Labute approximate surface area is 59.1 Å². The zero-order valence-corrected chi connectivity index (χ0v) is 5.98. The van der Waals surface area contributed by atoms with E-state index in [2.05, 4.69) is 0 Å². The first kappa shape index (κ1) is 10.8. The third-order valence-electron chi connectivity index (χ3n) is 0.498. The summed E-state index contributed by atoms with van der Waals surface area (Å²) in [7, 11) is 0. The van der Waals surface area contributed by atoms with Crippen LogP contribution < -0.4 is 0 Å². The number of carbonyl (C=O) groups excluding carboxylic acids is 2. The van der Waals surface area contributed by atoms with Gasteiger partial charge in [0.25, 0.3) is 0 Å². The maximum Gasteiger partial charge on any atom is 3.00 e. The molecule has 2 nitrogen and oxygen atoms in total. The molecule has 0 unspecified atom stereocenters. The van der Waals surface area contributed by atoms with Crippen LogP contribution in [-0.4, -0.2) is 11.6 Å². The topological polar surface area (TPSA) is 34.1 Å². The molecule has 0 rings (SSSR count). The second-order valence-electron chi connectivity index (χ2n) is 1.58. The van der Waals surface area contributed by atoms with Gasteiger partial charge in [0.1, 0.15) is 11.6 Å². The number of carbonyl (C=O) groups is 2. The molecule has 1 radical (unpaired) electrons. The molecule has 3 heteroatoms. The van der Waals surface area contributed by atoms with Crippen molar-refractivity contribution in [3.05, 3.63) is 0 Å². The normalized spacial score (nSPS) is 7.25. The van der Waals surface area contributed by atoms with E-state index in [0.717, 1.165) is 0 Å². The monoisotopic (exact) mass is 156 g/mol. The van der Waals surface area contributed by atoms with Gasteiger partial charge >= 0.3 is 17.1 Å². The maximum atomic E-state index is 10.0. The van der Waals surface area contributed by atoms with Crippen LogP contribution in [0.15, 0.2) is 0 Å². The molecule has 0 aromatic carbocycles. The van der Waals surface area contributed by atoms with Gasteiger partial charge in [-0.3, -0.25) is 9.59 Å². The molecule has 0 aromatic rings. The van der Waals surface area contributed by atoms with Gasteiger partial charge in [-0.1, -0.05) is 0 Å². The number of Topliss-reactive ketones (excluding diaryl/α,β-unsaturated/α-hetero) is 2. The maximum absolute atomic E-state index is 10.0. The number of ketones is 2. The molecule has 0 bridgehead atoms. The van der Waals surface area contributed by atoms with Crippen LogP contribution in [0.3, 0.4) is 0 Å². The minimum absolute atomic E-state index is 0. The minimum Gasteiger partial charge on any atom is -0.300 e. The zero-order chi connectivity index (χ0) is 5.86. The van der Waals surface area contributed by atoms with Crippen molar-refractivity contribution in [3.63, 3.8) is 0 Å². The largest absolute Gasteiger partial charge is 3.00 e. The van der Waals surface area contributed by atoms with Gasteiger partial charge in [-0.25, -0.2) is 0 Å². The molecule has 0 aromatic heterocycles. The Morgan fingerprint density at radius 2 is 1.38 bits per heavy atom. The predicted molar refractivity (Wildman–Crippen MR) is 26.0 cm³/mol. The number of hydrogen-bond acceptors (Lipinski definition) is 2. The van der Waals surface area contributed by atoms with Gasteiger partial charge in [0.05, 0.1) is 6.42 Å². The first-order chi connectivity index (χ1) is 3.13. The Morgan fingerprint density at radius 1 is 1.12 bits per heavy atom. The molecule has 0 aliphatic rings. The summed E-state index contributed by atoms with van der Waals surface area (Å²) in [6, 6.07) is 0. The number of rotatable bonds is 2. The van der Waals surface area contributed by atoms with Gasteiger partial charge in [0.15, 0.2) is 0 Å². The van der Waals surface area contributed by atoms with E-state index in [0.29, 0.717) is 0 Å². The first-order valence-corrected chi connectivity index (χ1v) is 2.12. The summed E-state index contributed by atoms with van der Waals surface area (Å²) >= 11 is 0. The Morgan fingerprint density at radius 3 is 1.38 bits per heavy atom. The molecule has 0 spiro atoms. The Hall–Kier alpha value is -0.141. The summed E-state index contributed by atoms with van der Waals surface area (Å²) in [5.74, 6) is -0.125. The fraction of sp³-hybridized carbons (Fsp3) is 0.600. The van der Waals surface area contributed by atoms with Gasteiger partial charge in [0.2, 0.25) is 0 Å². The van der Waals surface area contributed by atoms with Crippen molar-refractivity contribution in [1.82, 2.24) is 0 Å². The molecule has 0 fully saturated rings. The van der Waals surface area contributed by atoms with Crippen molar-refractivity contribution < 1.29 is 26.7 Å². The fourth-order valence-corrected chi connectivity index (χ4v) is 0.351. The third kappa shape index (κ3) is 9.29. The number of hydrogen-bond donors (Lipinski definition) is 0. The summed E-state index contributed by atoms with van der Waals surface area (Å²) in [4.78, 5) is 20.1. The van der Waals surface area contributed by atoms with E-state index in [-0.39, 0.29) is 35.1 Å². The Balaban J connectivity index is 0. The molecule has 0 aliphatic heterocycles. The zero-order valence-electron chi connectivity index (χ0n) is 4.88. The van der Waals surface area contributed by atoms with Crippen molar-refractivity contribution in [2.24, 2.45) is 0 Å². The Bertz CT molecular complexity index is 86.6. The Kier molecular flexibility index (Phi) is 6.74. The minimum atomic E-state index is -0.0625. The third-order valence-corrected chi connectivity index (χ3v) is 0.498. The second kappa shape index (κ2) is 5.01. The van der Waals surface area contributed by atoms with Gasteiger partial charge < -0.3 is 0 Å². The van der Waals surface area contributed by atoms with E-state index in [1.807, 2.05) is 0 Å². The van der Waals surface area contributed by atoms with Crippen LogP contribution in [0.4, 0.5) is 0 Å². The van der Waals surface area contributed by atoms with Crippen molar-refractivity contribution in [2.45, 2.75) is 20.3 Å². The molecule has 0 saturated carbocycles. The van der Waals surface area contributed by atoms with Gasteiger partial charge in [0, 0.05) is 0 Å². The van der Waals surface area contributed by atoms with Crippen LogP contribution >= 0.6 is 0 Å². The predicted octanol–water partition coefficient (Wildman–Crippen LogP) is 0.552. The van der Waals surface area contributed by atoms with E-state index < -0.39 is 0 Å². The summed E-state index contributed by atoms with van der Waals surface area (Å²) in [6.07, 6.45) is 0.0833. The molecule has 8 heavy (non-hydrogen) atoms. The van der Waals surface area contributed by atoms with Gasteiger partial charge in [-0.05, 0) is 13.8 Å². The van der Waals surface area contributed by atoms with Crippen LogP contribution in [0.2, 0.25) is 0 Å². The van der Waals surface area contributed by atoms with Crippen LogP contribution in [-0.2, 0) is 26.7 Å². The first-order valence-electron chi connectivity index (χ1n) is 2.12. The fourth-order valence-electron chi connectivity index (χ4n) is 0.351. The van der Waals surface area contributed by atoms with Crippen molar-refractivity contribution >= 4 is 11.6 Å². The molecule has 0 aliphatic carbocycles. The van der Waals surface area contributed by atoms with E-state index in [1.54, 1.807) is 0 Å². The second-order valence-corrected chi connectivity index (χ2v) is 1.58. The average molecular weight is 156 g/mol. The van der Waals surface area contributed by atoms with Crippen molar-refractivity contribution in [3.8, 4) is 0 Å². The van der Waals surface area contributed by atoms with Crippen LogP contribution in [0.1, 0.15) is 20.3 Å². The molecule has 45 valence electrons. The van der Waals surface area contributed by atoms with Crippen molar-refractivity contribution in [1.29, 1.82) is 0 Å². The quantitative estimate of drug-likeness (QED) is 0.432. The molecule has 0 atom stereocenters. The van der Waals surface area contributed by atoms with Gasteiger partial charge in [-0.2, -0.15) is 0 Å². The van der Waals surface area contributed by atoms with Crippen LogP contribution in [0.5, 0.6) is 0 Å². The summed E-state index contributed by atoms with van der Waals surface area (Å²) in [5.41, 5.74) is 0. The molecule has 0 heterocycles. The molecule has 0 N–H and O–H groups in total. The van der Waals surface area contributed by atoms with Crippen molar-refractivity contribution in [2.75, 3.05) is 0 Å². The van der Waals surface area contributed by atoms with E-state index in [4.69, 9.17) is 0 Å². The summed E-state index contributed by atoms with van der Waals surface area (Å²) in [6.45, 7) is 2.81. The molecular weight excluding hydrogens is 148 g/mol. The van der Waals surface area contributed by atoms with Crippen LogP contribution in [0.25, 0.3) is 0 Å². The van der Waals surface area contributed by atoms with Gasteiger partial charge in [-0.15, -0.1) is 0 Å². The smallest absolute Gasteiger partial charge is 0.300 e. The van der Waals surface area contributed by atoms with E-state index >= 15 is 0 Å². The summed E-state index contributed by atoms with van der Waals surface area (Å²) < 4.78 is 0. The molecular formula is C5H8FeO2+3. The molecule has 0 saturated heterocycles. The molecule has 0 amide bonds. The van der Waals surface area contributed by atoms with E-state index in [9.17, 15) is 9.59 Å². The SMILES string of the molecule is CC(=O)CC(C)=O.[Fe+3]. The average Bonchev–Trinajstić information content (AvgIpc) is 1.27. The standard InChI is InChI=1S/C5H8O2.Fe/c1-4(6)3-5(2)7;/h3H2,1-2H3;/q;+3. The van der Waals surface area contributed by atoms with Crippen LogP contribution in [0, 0.1) is 0 Å². The summed E-state index contributed by atoms with van der Waals surface area (Å²) in [5, 5.41) is 0. The van der Waals surface area contributed by atoms with E-state index in [1.165, 1.54) is 13.8 Å².